The van der Waals surface area contributed by atoms with Crippen LogP contribution in [-0.4, -0.2) is 4.98 Å². The lowest BCUT2D eigenvalue weighted by Gasteiger charge is -2.22. The van der Waals surface area contributed by atoms with E-state index in [0.29, 0.717) is 0 Å². The van der Waals surface area contributed by atoms with Crippen molar-refractivity contribution in [1.29, 1.82) is 0 Å². The van der Waals surface area contributed by atoms with Crippen LogP contribution >= 0.6 is 11.3 Å². The molecule has 2 heteroatoms. The van der Waals surface area contributed by atoms with E-state index in [1.54, 1.807) is 11.3 Å². The molecule has 11 aromatic carbocycles. The Labute approximate surface area is 358 Å². The number of para-hydroxylation sites is 1. The van der Waals surface area contributed by atoms with Gasteiger partial charge in [0.25, 0.3) is 0 Å². The first-order valence-electron chi connectivity index (χ1n) is 20.9. The topological polar surface area (TPSA) is 12.9 Å². The first kappa shape index (κ1) is 35.3. The Kier molecular flexibility index (Phi) is 8.43. The van der Waals surface area contributed by atoms with Crippen LogP contribution in [0.4, 0.5) is 0 Å². The molecule has 61 heavy (non-hydrogen) atoms. The van der Waals surface area contributed by atoms with E-state index in [0.717, 1.165) is 16.1 Å². The van der Waals surface area contributed by atoms with Gasteiger partial charge in [-0.2, -0.15) is 0 Å². The van der Waals surface area contributed by atoms with E-state index in [1.165, 1.54) is 103 Å². The predicted molar refractivity (Wildman–Crippen MR) is 262 cm³/mol. The van der Waals surface area contributed by atoms with Gasteiger partial charge in [-0.3, -0.25) is 0 Å². The average molecular weight is 792 g/mol. The van der Waals surface area contributed by atoms with E-state index in [4.69, 9.17) is 4.98 Å². The Morgan fingerprint density at radius 2 is 0.721 bits per heavy atom. The van der Waals surface area contributed by atoms with E-state index in [2.05, 4.69) is 224 Å². The quantitative estimate of drug-likeness (QED) is 0.153. The maximum Gasteiger partial charge on any atom is 0.124 e. The van der Waals surface area contributed by atoms with Gasteiger partial charge >= 0.3 is 0 Å². The van der Waals surface area contributed by atoms with Crippen LogP contribution in [0.15, 0.2) is 224 Å². The lowest BCUT2D eigenvalue weighted by Crippen LogP contribution is -1.95. The molecule has 12 rings (SSSR count). The minimum atomic E-state index is 1.04. The van der Waals surface area contributed by atoms with E-state index in [-0.39, 0.29) is 0 Å². The van der Waals surface area contributed by atoms with Gasteiger partial charge in [-0.1, -0.05) is 194 Å². The summed E-state index contributed by atoms with van der Waals surface area (Å²) in [5.41, 5.74) is 14.3. The van der Waals surface area contributed by atoms with Gasteiger partial charge in [-0.25, -0.2) is 4.98 Å². The summed E-state index contributed by atoms with van der Waals surface area (Å²) in [6.07, 6.45) is 0. The average Bonchev–Trinajstić information content (AvgIpc) is 3.78. The molecule has 0 amide bonds. The minimum absolute atomic E-state index is 1.04. The van der Waals surface area contributed by atoms with Gasteiger partial charge in [0.2, 0.25) is 0 Å². The fourth-order valence-corrected chi connectivity index (χ4v) is 10.3. The van der Waals surface area contributed by atoms with Crippen molar-refractivity contribution in [1.82, 2.24) is 4.98 Å². The van der Waals surface area contributed by atoms with Crippen LogP contribution in [0.2, 0.25) is 0 Å². The predicted octanol–water partition coefficient (Wildman–Crippen LogP) is 16.9. The van der Waals surface area contributed by atoms with Crippen LogP contribution in [0.25, 0.3) is 120 Å². The number of rotatable bonds is 6. The second kappa shape index (κ2) is 14.6. The van der Waals surface area contributed by atoms with Crippen LogP contribution in [0.5, 0.6) is 0 Å². The molecule has 0 N–H and O–H groups in total. The SMILES string of the molecule is c1ccc(-c2c3ccccc3c(-c3ccccc3-c3ccc4ccccc4c3)c3cc(-c4ccc(-c5nc6ccccc6s5)cc4)ccc23)c(-c2ccc3ccccc3c2)c1. The third kappa shape index (κ3) is 6.11. The van der Waals surface area contributed by atoms with Gasteiger partial charge in [-0.15, -0.1) is 11.3 Å². The molecule has 1 nitrogen and oxygen atoms in total. The smallest absolute Gasteiger partial charge is 0.124 e. The third-order valence-corrected chi connectivity index (χ3v) is 13.4. The number of aromatic nitrogens is 1. The molecule has 0 saturated heterocycles. The monoisotopic (exact) mass is 791 g/mol. The van der Waals surface area contributed by atoms with Gasteiger partial charge in [0.1, 0.15) is 5.01 Å². The lowest BCUT2D eigenvalue weighted by atomic mass is 9.81. The first-order chi connectivity index (χ1) is 30.2. The largest absolute Gasteiger partial charge is 0.236 e. The summed E-state index contributed by atoms with van der Waals surface area (Å²) >= 11 is 1.74. The van der Waals surface area contributed by atoms with Crippen LogP contribution < -0.4 is 0 Å². The highest BCUT2D eigenvalue weighted by Gasteiger charge is 2.22. The molecule has 0 atom stereocenters. The second-order valence-electron chi connectivity index (χ2n) is 15.8. The molecule has 12 aromatic rings. The zero-order valence-electron chi connectivity index (χ0n) is 33.2. The highest BCUT2D eigenvalue weighted by Crippen LogP contribution is 2.49. The van der Waals surface area contributed by atoms with Crippen LogP contribution in [0.1, 0.15) is 0 Å². The molecule has 0 unspecified atom stereocenters. The molecule has 0 bridgehead atoms. The van der Waals surface area contributed by atoms with Crippen LogP contribution in [0, 0.1) is 0 Å². The molecule has 0 spiro atoms. The Morgan fingerprint density at radius 1 is 0.279 bits per heavy atom. The first-order valence-corrected chi connectivity index (χ1v) is 21.7. The molecule has 0 aliphatic rings. The Bertz CT molecular complexity index is 3620. The molecule has 0 aliphatic carbocycles. The molecule has 0 saturated carbocycles. The lowest BCUT2D eigenvalue weighted by molar-refractivity contribution is 1.48. The zero-order valence-corrected chi connectivity index (χ0v) is 34.0. The molecule has 0 aliphatic heterocycles. The molecular formula is C59H37NS. The molecule has 0 fully saturated rings. The fourth-order valence-electron chi connectivity index (χ4n) is 9.36. The molecule has 1 heterocycles. The van der Waals surface area contributed by atoms with Gasteiger partial charge in [0.05, 0.1) is 10.2 Å². The highest BCUT2D eigenvalue weighted by atomic mass is 32.1. The summed E-state index contributed by atoms with van der Waals surface area (Å²) in [5.74, 6) is 0. The van der Waals surface area contributed by atoms with Gasteiger partial charge in [-0.05, 0) is 129 Å². The van der Waals surface area contributed by atoms with E-state index < -0.39 is 0 Å². The summed E-state index contributed by atoms with van der Waals surface area (Å²) in [5, 5.41) is 10.9. The van der Waals surface area contributed by atoms with E-state index in [9.17, 15) is 0 Å². The van der Waals surface area contributed by atoms with Crippen molar-refractivity contribution in [3.63, 3.8) is 0 Å². The normalized spacial score (nSPS) is 11.6. The third-order valence-electron chi connectivity index (χ3n) is 12.3. The highest BCUT2D eigenvalue weighted by molar-refractivity contribution is 7.21. The number of thiazole rings is 1. The summed E-state index contributed by atoms with van der Waals surface area (Å²) in [4.78, 5) is 4.95. The van der Waals surface area contributed by atoms with Crippen molar-refractivity contribution in [3.05, 3.63) is 224 Å². The van der Waals surface area contributed by atoms with Crippen molar-refractivity contribution in [2.45, 2.75) is 0 Å². The van der Waals surface area contributed by atoms with Gasteiger partial charge in [0.15, 0.2) is 0 Å². The summed E-state index contributed by atoms with van der Waals surface area (Å²) in [7, 11) is 0. The summed E-state index contributed by atoms with van der Waals surface area (Å²) < 4.78 is 1.21. The number of fused-ring (bicyclic) bond motifs is 5. The van der Waals surface area contributed by atoms with Crippen molar-refractivity contribution in [3.8, 4) is 66.2 Å². The molecule has 0 radical (unpaired) electrons. The van der Waals surface area contributed by atoms with Crippen molar-refractivity contribution in [2.24, 2.45) is 0 Å². The summed E-state index contributed by atoms with van der Waals surface area (Å²) in [6.45, 7) is 0. The molecule has 284 valence electrons. The number of hydrogen-bond acceptors (Lipinski definition) is 2. The van der Waals surface area contributed by atoms with Gasteiger partial charge < -0.3 is 0 Å². The molecular weight excluding hydrogens is 755 g/mol. The van der Waals surface area contributed by atoms with E-state index >= 15 is 0 Å². The Balaban J connectivity index is 1.11. The van der Waals surface area contributed by atoms with Crippen LogP contribution in [0.3, 0.4) is 0 Å². The number of hydrogen-bond donors (Lipinski definition) is 0. The maximum absolute atomic E-state index is 4.95. The van der Waals surface area contributed by atoms with Crippen LogP contribution in [-0.2, 0) is 0 Å². The Hall–Kier alpha value is -7.65. The standard InChI is InChI=1S/C59H37NS/c1-3-15-42-35-45(31-27-38(42)13-1)47-17-5-7-19-49(47)57-51-21-9-10-22-52(51)58(50-20-8-6-18-48(50)46-32-28-39-14-2-4-16-43(39)36-46)54-37-44(33-34-53(54)57)40-25-29-41(30-26-40)59-60-55-23-11-12-24-56(55)61-59/h1-37H. The van der Waals surface area contributed by atoms with Gasteiger partial charge in [0, 0.05) is 5.56 Å². The Morgan fingerprint density at radius 3 is 1.33 bits per heavy atom. The number of benzene rings is 11. The molecule has 1 aromatic heterocycles. The fraction of sp³-hybridized carbons (Fsp3) is 0. The maximum atomic E-state index is 4.95. The summed E-state index contributed by atoms with van der Waals surface area (Å²) in [6, 6.07) is 82.4. The minimum Gasteiger partial charge on any atom is -0.236 e. The second-order valence-corrected chi connectivity index (χ2v) is 16.9. The van der Waals surface area contributed by atoms with E-state index in [1.807, 2.05) is 0 Å². The van der Waals surface area contributed by atoms with Crippen molar-refractivity contribution >= 4 is 64.6 Å². The number of nitrogens with zero attached hydrogens (tertiary/aromatic N) is 1. The zero-order chi connectivity index (χ0) is 40.3. The van der Waals surface area contributed by atoms with Crippen molar-refractivity contribution < 1.29 is 0 Å². The van der Waals surface area contributed by atoms with Crippen molar-refractivity contribution in [2.75, 3.05) is 0 Å².